The fourth-order valence-corrected chi connectivity index (χ4v) is 7.73. The summed E-state index contributed by atoms with van der Waals surface area (Å²) in [5.41, 5.74) is -0.0794. The minimum atomic E-state index is -0.545. The van der Waals surface area contributed by atoms with Crippen molar-refractivity contribution in [3.8, 4) is 6.07 Å². The second-order valence-corrected chi connectivity index (χ2v) is 15.4. The number of rotatable bonds is 1. The van der Waals surface area contributed by atoms with Crippen LogP contribution in [0.15, 0.2) is 23.3 Å². The molecule has 3 rings (SSSR count). The van der Waals surface area contributed by atoms with E-state index in [1.54, 1.807) is 19.0 Å². The lowest BCUT2D eigenvalue weighted by molar-refractivity contribution is -0.123. The Morgan fingerprint density at radius 2 is 1.60 bits per heavy atom. The Balaban J connectivity index is 2.15. The number of carbonyl (C=O) groups is 3. The normalized spacial score (nSPS) is 37.8. The molecular formula is C34H53N3O3. The van der Waals surface area contributed by atoms with Gasteiger partial charge in [-0.25, -0.2) is 4.79 Å². The van der Waals surface area contributed by atoms with Crippen LogP contribution in [0.3, 0.4) is 0 Å². The maximum Gasteiger partial charge on any atom is 0.317 e. The number of hydrogen-bond acceptors (Lipinski definition) is 4. The SMILES string of the molecule is C[C@@H]1C(=O)C(C#N)=C[C@]2(C)/C3=C/C(=O)CCCC(C)(C)CC[C@](C)(NC(=O)N(C)C)CCC(C)(C)[C@]3(C)CC[C@@H]12. The van der Waals surface area contributed by atoms with Gasteiger partial charge < -0.3 is 10.2 Å². The fourth-order valence-electron chi connectivity index (χ4n) is 7.73. The summed E-state index contributed by atoms with van der Waals surface area (Å²) >= 11 is 0. The predicted molar refractivity (Wildman–Crippen MR) is 160 cm³/mol. The Bertz CT molecular complexity index is 1140. The van der Waals surface area contributed by atoms with Gasteiger partial charge in [-0.2, -0.15) is 5.26 Å². The number of hydrogen-bond donors (Lipinski definition) is 1. The molecule has 1 fully saturated rings. The Hall–Kier alpha value is -2.42. The number of amides is 2. The van der Waals surface area contributed by atoms with E-state index < -0.39 is 5.41 Å². The van der Waals surface area contributed by atoms with Crippen molar-refractivity contribution in [2.75, 3.05) is 14.1 Å². The molecule has 0 bridgehead atoms. The Morgan fingerprint density at radius 1 is 0.975 bits per heavy atom. The summed E-state index contributed by atoms with van der Waals surface area (Å²) in [5, 5.41) is 13.2. The Labute approximate surface area is 243 Å². The third-order valence-corrected chi connectivity index (χ3v) is 11.3. The molecular weight excluding hydrogens is 498 g/mol. The van der Waals surface area contributed by atoms with Gasteiger partial charge >= 0.3 is 6.03 Å². The Morgan fingerprint density at radius 3 is 2.20 bits per heavy atom. The second-order valence-electron chi connectivity index (χ2n) is 15.4. The van der Waals surface area contributed by atoms with E-state index in [9.17, 15) is 19.6 Å². The highest BCUT2D eigenvalue weighted by Gasteiger charge is 2.58. The van der Waals surface area contributed by atoms with Crippen molar-refractivity contribution in [1.82, 2.24) is 10.2 Å². The molecule has 1 saturated carbocycles. The topological polar surface area (TPSA) is 90.3 Å². The summed E-state index contributed by atoms with van der Waals surface area (Å²) in [6, 6.07) is 2.10. The molecule has 222 valence electrons. The van der Waals surface area contributed by atoms with Crippen molar-refractivity contribution >= 4 is 17.6 Å². The molecule has 0 spiro atoms. The molecule has 3 aliphatic carbocycles. The van der Waals surface area contributed by atoms with Gasteiger partial charge in [-0.15, -0.1) is 0 Å². The van der Waals surface area contributed by atoms with Gasteiger partial charge in [0.2, 0.25) is 0 Å². The number of nitrogens with zero attached hydrogens (tertiary/aromatic N) is 2. The van der Waals surface area contributed by atoms with Crippen LogP contribution in [0.25, 0.3) is 0 Å². The van der Waals surface area contributed by atoms with Crippen molar-refractivity contribution in [3.63, 3.8) is 0 Å². The minimum Gasteiger partial charge on any atom is -0.333 e. The molecule has 6 nitrogen and oxygen atoms in total. The molecule has 1 N–H and O–H groups in total. The summed E-state index contributed by atoms with van der Waals surface area (Å²) in [7, 11) is 3.56. The molecule has 3 aliphatic rings. The van der Waals surface area contributed by atoms with Gasteiger partial charge in [0.15, 0.2) is 11.6 Å². The van der Waals surface area contributed by atoms with Crippen molar-refractivity contribution in [2.24, 2.45) is 33.5 Å². The van der Waals surface area contributed by atoms with Gasteiger partial charge in [-0.1, -0.05) is 60.1 Å². The highest BCUT2D eigenvalue weighted by Crippen LogP contribution is 2.65. The van der Waals surface area contributed by atoms with Crippen molar-refractivity contribution < 1.29 is 14.4 Å². The van der Waals surface area contributed by atoms with Crippen LogP contribution in [0.4, 0.5) is 4.79 Å². The molecule has 0 aromatic rings. The molecule has 0 aromatic heterocycles. The van der Waals surface area contributed by atoms with Crippen LogP contribution in [-0.2, 0) is 9.59 Å². The molecule has 2 amide bonds. The molecule has 0 unspecified atom stereocenters. The fraction of sp³-hybridized carbons (Fsp3) is 0.765. The van der Waals surface area contributed by atoms with E-state index in [0.717, 1.165) is 56.9 Å². The van der Waals surface area contributed by atoms with Gasteiger partial charge in [-0.05, 0) is 86.5 Å². The standard InChI is InChI=1S/C34H53N3O3/c1-23-26-13-15-34(8)27(33(26,7)21-24(22-35)28(23)39)20-25(38)12-11-14-30(2,3)16-18-32(6,19-17-31(34,4)5)36-29(40)37(9)10/h20-21,23,26H,11-19H2,1-10H3,(H,36,40)/b27-20-/t23-,26-,32-,33-,34+/m0/s1. The number of allylic oxidation sites excluding steroid dienone is 4. The van der Waals surface area contributed by atoms with Crippen LogP contribution in [-0.4, -0.2) is 42.1 Å². The zero-order valence-electron chi connectivity index (χ0n) is 26.8. The summed E-state index contributed by atoms with van der Waals surface area (Å²) in [6.07, 6.45) is 11.3. The van der Waals surface area contributed by atoms with Crippen molar-refractivity contribution in [2.45, 2.75) is 119 Å². The van der Waals surface area contributed by atoms with E-state index >= 15 is 0 Å². The van der Waals surface area contributed by atoms with Crippen LogP contribution in [0, 0.1) is 44.8 Å². The zero-order chi connectivity index (χ0) is 30.3. The molecule has 0 saturated heterocycles. The number of urea groups is 1. The highest BCUT2D eigenvalue weighted by molar-refractivity contribution is 6.02. The smallest absolute Gasteiger partial charge is 0.317 e. The van der Waals surface area contributed by atoms with Crippen LogP contribution in [0.1, 0.15) is 113 Å². The van der Waals surface area contributed by atoms with Gasteiger partial charge in [0, 0.05) is 37.4 Å². The van der Waals surface area contributed by atoms with E-state index in [1.807, 2.05) is 19.1 Å². The maximum atomic E-state index is 13.6. The van der Waals surface area contributed by atoms with E-state index in [2.05, 4.69) is 59.9 Å². The lowest BCUT2D eigenvalue weighted by Gasteiger charge is -2.59. The van der Waals surface area contributed by atoms with E-state index in [1.165, 1.54) is 0 Å². The summed E-state index contributed by atoms with van der Waals surface area (Å²) in [4.78, 5) is 41.1. The third kappa shape index (κ3) is 6.09. The number of nitrogens with one attached hydrogen (secondary N) is 1. The van der Waals surface area contributed by atoms with Gasteiger partial charge in [0.25, 0.3) is 0 Å². The number of Topliss-reactive ketones (excluding diaryl/α,β-unsaturated/α-hetero) is 1. The molecule has 0 aliphatic heterocycles. The van der Waals surface area contributed by atoms with Crippen LogP contribution < -0.4 is 5.32 Å². The van der Waals surface area contributed by atoms with Crippen molar-refractivity contribution in [3.05, 3.63) is 23.3 Å². The van der Waals surface area contributed by atoms with Crippen LogP contribution in [0.5, 0.6) is 0 Å². The maximum absolute atomic E-state index is 13.6. The van der Waals surface area contributed by atoms with Crippen LogP contribution >= 0.6 is 0 Å². The quantitative estimate of drug-likeness (QED) is 0.368. The van der Waals surface area contributed by atoms with E-state index in [-0.39, 0.29) is 56.8 Å². The molecule has 5 atom stereocenters. The van der Waals surface area contributed by atoms with Crippen LogP contribution in [0.2, 0.25) is 0 Å². The first kappa shape index (κ1) is 32.1. The van der Waals surface area contributed by atoms with Gasteiger partial charge in [0.05, 0.1) is 5.57 Å². The number of ketones is 2. The average molecular weight is 552 g/mol. The van der Waals surface area contributed by atoms with E-state index in [4.69, 9.17) is 0 Å². The summed E-state index contributed by atoms with van der Waals surface area (Å²) in [5.74, 6) is -0.129. The lowest BCUT2D eigenvalue weighted by atomic mass is 9.44. The molecule has 6 heteroatoms. The first-order valence-electron chi connectivity index (χ1n) is 15.2. The van der Waals surface area contributed by atoms with E-state index in [0.29, 0.717) is 6.42 Å². The molecule has 0 heterocycles. The molecule has 0 radical (unpaired) electrons. The Kier molecular flexibility index (Phi) is 8.91. The summed E-state index contributed by atoms with van der Waals surface area (Å²) in [6.45, 7) is 17.7. The molecule has 0 aromatic carbocycles. The first-order valence-corrected chi connectivity index (χ1v) is 15.2. The number of nitriles is 1. The zero-order valence-corrected chi connectivity index (χ0v) is 26.8. The third-order valence-electron chi connectivity index (χ3n) is 11.3. The summed E-state index contributed by atoms with van der Waals surface area (Å²) < 4.78 is 0. The lowest BCUT2D eigenvalue weighted by Crippen LogP contribution is -2.54. The number of fused-ring (bicyclic) bond motifs is 3. The average Bonchev–Trinajstić information content (AvgIpc) is 2.85. The highest BCUT2D eigenvalue weighted by atomic mass is 16.2. The minimum absolute atomic E-state index is 0.0528. The number of carbonyl (C=O) groups excluding carboxylic acids is 3. The largest absolute Gasteiger partial charge is 0.333 e. The molecule has 40 heavy (non-hydrogen) atoms. The van der Waals surface area contributed by atoms with Gasteiger partial charge in [0.1, 0.15) is 6.07 Å². The second kappa shape index (κ2) is 11.1. The van der Waals surface area contributed by atoms with Crippen molar-refractivity contribution in [1.29, 1.82) is 5.26 Å². The predicted octanol–water partition coefficient (Wildman–Crippen LogP) is 7.40. The first-order chi connectivity index (χ1) is 18.3. The van der Waals surface area contributed by atoms with Gasteiger partial charge in [-0.3, -0.25) is 9.59 Å². The monoisotopic (exact) mass is 551 g/mol.